The molecule has 0 saturated heterocycles. The number of aromatic nitrogens is 2. The molecule has 0 spiro atoms. The Morgan fingerprint density at radius 1 is 1.18 bits per heavy atom. The van der Waals surface area contributed by atoms with E-state index in [1.807, 2.05) is 37.4 Å². The van der Waals surface area contributed by atoms with Crippen LogP contribution in [0.3, 0.4) is 0 Å². The number of nitrogens with zero attached hydrogens (tertiary/aromatic N) is 2. The lowest BCUT2D eigenvalue weighted by atomic mass is 10.2. The van der Waals surface area contributed by atoms with Crippen molar-refractivity contribution >= 4 is 39.0 Å². The number of benzene rings is 1. The smallest absolute Gasteiger partial charge is 0.338 e. The summed E-state index contributed by atoms with van der Waals surface area (Å²) in [7, 11) is 0. The molecule has 0 bridgehead atoms. The number of thiophene rings is 1. The monoisotopic (exact) mass is 313 g/mol. The first-order valence-electron chi connectivity index (χ1n) is 6.90. The van der Waals surface area contributed by atoms with E-state index < -0.39 is 0 Å². The largest absolute Gasteiger partial charge is 0.459 e. The molecule has 112 valence electrons. The molecule has 0 radical (unpaired) electrons. The van der Waals surface area contributed by atoms with Crippen molar-refractivity contribution in [1.29, 1.82) is 0 Å². The molecule has 0 aliphatic carbocycles. The molecule has 3 aromatic rings. The van der Waals surface area contributed by atoms with E-state index >= 15 is 0 Å². The maximum absolute atomic E-state index is 11.8. The number of anilines is 2. The van der Waals surface area contributed by atoms with Crippen molar-refractivity contribution in [3.8, 4) is 0 Å². The maximum atomic E-state index is 11.8. The van der Waals surface area contributed by atoms with Crippen LogP contribution in [0.1, 0.15) is 24.2 Å². The van der Waals surface area contributed by atoms with Gasteiger partial charge in [-0.25, -0.2) is 14.8 Å². The van der Waals surface area contributed by atoms with Gasteiger partial charge in [-0.2, -0.15) is 0 Å². The first-order chi connectivity index (χ1) is 10.6. The van der Waals surface area contributed by atoms with Crippen LogP contribution in [0.5, 0.6) is 0 Å². The number of carbonyl (C=O) groups excluding carboxylic acids is 1. The molecular weight excluding hydrogens is 298 g/mol. The number of fused-ring (bicyclic) bond motifs is 1. The van der Waals surface area contributed by atoms with Crippen molar-refractivity contribution in [2.75, 3.05) is 5.32 Å². The van der Waals surface area contributed by atoms with E-state index in [2.05, 4.69) is 15.3 Å². The van der Waals surface area contributed by atoms with Crippen LogP contribution < -0.4 is 5.32 Å². The van der Waals surface area contributed by atoms with E-state index in [0.29, 0.717) is 5.56 Å². The fourth-order valence-corrected chi connectivity index (χ4v) is 2.73. The Balaban J connectivity index is 1.79. The summed E-state index contributed by atoms with van der Waals surface area (Å²) < 4.78 is 5.16. The summed E-state index contributed by atoms with van der Waals surface area (Å²) >= 11 is 1.57. The molecule has 0 atom stereocenters. The molecule has 0 amide bonds. The van der Waals surface area contributed by atoms with Gasteiger partial charge in [0.1, 0.15) is 17.0 Å². The van der Waals surface area contributed by atoms with Gasteiger partial charge in [-0.3, -0.25) is 0 Å². The number of nitrogens with one attached hydrogen (secondary N) is 1. The van der Waals surface area contributed by atoms with Crippen LogP contribution in [-0.4, -0.2) is 22.0 Å². The molecular formula is C16H15N3O2S. The number of rotatable bonds is 4. The molecule has 5 nitrogen and oxygen atoms in total. The molecule has 2 aromatic heterocycles. The van der Waals surface area contributed by atoms with Crippen LogP contribution in [0, 0.1) is 0 Å². The summed E-state index contributed by atoms with van der Waals surface area (Å²) in [5.41, 5.74) is 1.38. The van der Waals surface area contributed by atoms with Crippen LogP contribution in [0.4, 0.5) is 11.5 Å². The first kappa shape index (κ1) is 14.5. The van der Waals surface area contributed by atoms with Crippen molar-refractivity contribution in [1.82, 2.24) is 9.97 Å². The Hall–Kier alpha value is -2.47. The fraction of sp³-hybridized carbons (Fsp3) is 0.188. The zero-order valence-corrected chi connectivity index (χ0v) is 13.1. The normalized spacial score (nSPS) is 10.9. The van der Waals surface area contributed by atoms with Crippen molar-refractivity contribution < 1.29 is 9.53 Å². The molecule has 1 aromatic carbocycles. The average molecular weight is 313 g/mol. The van der Waals surface area contributed by atoms with E-state index in [4.69, 9.17) is 4.74 Å². The van der Waals surface area contributed by atoms with Gasteiger partial charge in [-0.15, -0.1) is 11.3 Å². The summed E-state index contributed by atoms with van der Waals surface area (Å²) in [6.45, 7) is 3.66. The van der Waals surface area contributed by atoms with Crippen molar-refractivity contribution in [3.05, 3.63) is 47.6 Å². The van der Waals surface area contributed by atoms with Crippen molar-refractivity contribution in [3.63, 3.8) is 0 Å². The highest BCUT2D eigenvalue weighted by molar-refractivity contribution is 7.16. The zero-order chi connectivity index (χ0) is 15.5. The Morgan fingerprint density at radius 2 is 1.95 bits per heavy atom. The molecule has 3 rings (SSSR count). The van der Waals surface area contributed by atoms with Crippen LogP contribution in [0.15, 0.2) is 42.0 Å². The Labute approximate surface area is 132 Å². The lowest BCUT2D eigenvalue weighted by Crippen LogP contribution is -2.11. The van der Waals surface area contributed by atoms with Gasteiger partial charge in [0.25, 0.3) is 0 Å². The number of hydrogen-bond acceptors (Lipinski definition) is 6. The molecule has 0 unspecified atom stereocenters. The SMILES string of the molecule is CC(C)OC(=O)c1ccc(Nc2ncnc3sccc23)cc1. The van der Waals surface area contributed by atoms with Gasteiger partial charge in [0.2, 0.25) is 0 Å². The Morgan fingerprint density at radius 3 is 2.68 bits per heavy atom. The summed E-state index contributed by atoms with van der Waals surface area (Å²) in [4.78, 5) is 21.2. The molecule has 1 N–H and O–H groups in total. The van der Waals surface area contributed by atoms with E-state index in [1.54, 1.807) is 23.5 Å². The number of carbonyl (C=O) groups is 1. The standard InChI is InChI=1S/C16H15N3O2S/c1-10(2)21-16(20)11-3-5-12(6-4-11)19-14-13-7-8-22-15(13)18-9-17-14/h3-10H,1-2H3,(H,17,18,19). The minimum atomic E-state index is -0.316. The van der Waals surface area contributed by atoms with Crippen molar-refractivity contribution in [2.24, 2.45) is 0 Å². The lowest BCUT2D eigenvalue weighted by Gasteiger charge is -2.09. The van der Waals surface area contributed by atoms with E-state index in [9.17, 15) is 4.79 Å². The van der Waals surface area contributed by atoms with E-state index in [0.717, 1.165) is 21.7 Å². The predicted molar refractivity (Wildman–Crippen MR) is 87.7 cm³/mol. The fourth-order valence-electron chi connectivity index (χ4n) is 2.00. The second-order valence-corrected chi connectivity index (χ2v) is 5.91. The highest BCUT2D eigenvalue weighted by Gasteiger charge is 2.09. The molecule has 22 heavy (non-hydrogen) atoms. The van der Waals surface area contributed by atoms with Crippen LogP contribution in [-0.2, 0) is 4.74 Å². The molecule has 2 heterocycles. The highest BCUT2D eigenvalue weighted by atomic mass is 32.1. The second kappa shape index (κ2) is 6.11. The number of hydrogen-bond donors (Lipinski definition) is 1. The predicted octanol–water partition coefficient (Wildman–Crippen LogP) is 4.00. The number of esters is 1. The van der Waals surface area contributed by atoms with Gasteiger partial charge in [-0.05, 0) is 49.6 Å². The van der Waals surface area contributed by atoms with Crippen LogP contribution in [0.2, 0.25) is 0 Å². The molecule has 6 heteroatoms. The summed E-state index contributed by atoms with van der Waals surface area (Å²) in [5.74, 6) is 0.438. The van der Waals surface area contributed by atoms with E-state index in [1.165, 1.54) is 6.33 Å². The minimum absolute atomic E-state index is 0.127. The summed E-state index contributed by atoms with van der Waals surface area (Å²) in [6, 6.07) is 9.11. The topological polar surface area (TPSA) is 64.1 Å². The number of ether oxygens (including phenoxy) is 1. The molecule has 0 aliphatic rings. The first-order valence-corrected chi connectivity index (χ1v) is 7.78. The Kier molecular flexibility index (Phi) is 4.02. The minimum Gasteiger partial charge on any atom is -0.459 e. The van der Waals surface area contributed by atoms with Gasteiger partial charge in [-0.1, -0.05) is 0 Å². The zero-order valence-electron chi connectivity index (χ0n) is 12.2. The van der Waals surface area contributed by atoms with E-state index in [-0.39, 0.29) is 12.1 Å². The third kappa shape index (κ3) is 3.07. The highest BCUT2D eigenvalue weighted by Crippen LogP contribution is 2.26. The average Bonchev–Trinajstić information content (AvgIpc) is 2.97. The van der Waals surface area contributed by atoms with Gasteiger partial charge in [0.15, 0.2) is 0 Å². The van der Waals surface area contributed by atoms with Gasteiger partial charge in [0.05, 0.1) is 17.1 Å². The third-order valence-electron chi connectivity index (χ3n) is 2.99. The van der Waals surface area contributed by atoms with Gasteiger partial charge in [0, 0.05) is 5.69 Å². The molecule has 0 aliphatic heterocycles. The van der Waals surface area contributed by atoms with Crippen molar-refractivity contribution in [2.45, 2.75) is 20.0 Å². The lowest BCUT2D eigenvalue weighted by molar-refractivity contribution is 0.0378. The van der Waals surface area contributed by atoms with Gasteiger partial charge >= 0.3 is 5.97 Å². The second-order valence-electron chi connectivity index (χ2n) is 5.02. The quantitative estimate of drug-likeness (QED) is 0.738. The molecule has 0 saturated carbocycles. The third-order valence-corrected chi connectivity index (χ3v) is 3.81. The maximum Gasteiger partial charge on any atom is 0.338 e. The molecule has 0 fully saturated rings. The van der Waals surface area contributed by atoms with Gasteiger partial charge < -0.3 is 10.1 Å². The summed E-state index contributed by atoms with van der Waals surface area (Å²) in [6.07, 6.45) is 1.41. The Bertz CT molecular complexity index is 797. The van der Waals surface area contributed by atoms with Crippen LogP contribution in [0.25, 0.3) is 10.2 Å². The van der Waals surface area contributed by atoms with Crippen LogP contribution >= 0.6 is 11.3 Å². The summed E-state index contributed by atoms with van der Waals surface area (Å²) in [5, 5.41) is 6.21.